The highest BCUT2D eigenvalue weighted by molar-refractivity contribution is 6.00. The van der Waals surface area contributed by atoms with Crippen molar-refractivity contribution >= 4 is 121 Å². The third-order valence-electron chi connectivity index (χ3n) is 15.5. The molecule has 13 aromatic carbocycles. The van der Waals surface area contributed by atoms with Crippen molar-refractivity contribution in [1.82, 2.24) is 0 Å². The summed E-state index contributed by atoms with van der Waals surface area (Å²) in [5.74, 6) is 0. The summed E-state index contributed by atoms with van der Waals surface area (Å²) in [6.45, 7) is 0. The van der Waals surface area contributed by atoms with Gasteiger partial charge in [-0.1, -0.05) is 261 Å². The lowest BCUT2D eigenvalue weighted by Gasteiger charge is -2.25. The fourth-order valence-electron chi connectivity index (χ4n) is 11.2. The van der Waals surface area contributed by atoms with E-state index in [1.54, 1.807) is 0 Å². The van der Waals surface area contributed by atoms with Crippen molar-refractivity contribution in [2.24, 2.45) is 0 Å². The molecule has 0 spiro atoms. The third-order valence-corrected chi connectivity index (χ3v) is 15.5. The summed E-state index contributed by atoms with van der Waals surface area (Å²) in [7, 11) is 0. The SMILES string of the molecule is C(=C\c1cccc2c(/C=C/c3ccc(N(c4ccccc4)c4ccc(/C=C/c5cccc6c(/C=C/c7ccc(N(c8ccccc8)c8ccccc8)cc7)cccc56)cc4)cc3)cccc12)/c1ccc(N(c2ccccc2)c2ccccc2)cc1. The highest BCUT2D eigenvalue weighted by Crippen LogP contribution is 2.38. The first kappa shape index (κ1) is 53.1. The van der Waals surface area contributed by atoms with Gasteiger partial charge in [0.15, 0.2) is 0 Å². The van der Waals surface area contributed by atoms with Crippen LogP contribution in [-0.4, -0.2) is 0 Å². The van der Waals surface area contributed by atoms with E-state index in [0.29, 0.717) is 0 Å². The second-order valence-corrected chi connectivity index (χ2v) is 21.0. The van der Waals surface area contributed by atoms with Gasteiger partial charge in [0.1, 0.15) is 0 Å². The van der Waals surface area contributed by atoms with E-state index in [9.17, 15) is 0 Å². The fourth-order valence-corrected chi connectivity index (χ4v) is 11.2. The smallest absolute Gasteiger partial charge is 0.0462 e. The normalized spacial score (nSPS) is 11.6. The maximum atomic E-state index is 2.32. The molecule has 0 atom stereocenters. The summed E-state index contributed by atoms with van der Waals surface area (Å²) in [4.78, 5) is 6.89. The summed E-state index contributed by atoms with van der Waals surface area (Å²) in [6.07, 6.45) is 17.8. The van der Waals surface area contributed by atoms with Gasteiger partial charge in [-0.25, -0.2) is 0 Å². The van der Waals surface area contributed by atoms with Crippen molar-refractivity contribution in [3.05, 3.63) is 366 Å². The molecule has 3 nitrogen and oxygen atoms in total. The minimum atomic E-state index is 1.09. The van der Waals surface area contributed by atoms with Crippen LogP contribution in [0.5, 0.6) is 0 Å². The van der Waals surface area contributed by atoms with Gasteiger partial charge in [0.05, 0.1) is 0 Å². The summed E-state index contributed by atoms with van der Waals surface area (Å²) in [5, 5.41) is 4.86. The van der Waals surface area contributed by atoms with E-state index >= 15 is 0 Å². The Bertz CT molecular complexity index is 4110. The topological polar surface area (TPSA) is 9.72 Å². The summed E-state index contributed by atoms with van der Waals surface area (Å²) in [6, 6.07) is 114. The van der Waals surface area contributed by atoms with Crippen molar-refractivity contribution in [3.63, 3.8) is 0 Å². The number of anilines is 9. The summed E-state index contributed by atoms with van der Waals surface area (Å²) >= 11 is 0. The maximum absolute atomic E-state index is 2.32. The molecule has 0 saturated carbocycles. The molecule has 0 bridgehead atoms. The monoisotopic (exact) mass is 1090 g/mol. The second-order valence-electron chi connectivity index (χ2n) is 21.0. The van der Waals surface area contributed by atoms with E-state index in [0.717, 1.165) is 73.4 Å². The van der Waals surface area contributed by atoms with Gasteiger partial charge in [0.2, 0.25) is 0 Å². The van der Waals surface area contributed by atoms with Gasteiger partial charge in [0, 0.05) is 51.2 Å². The number of nitrogens with zero attached hydrogens (tertiary/aromatic N) is 3. The molecule has 404 valence electrons. The first-order valence-corrected chi connectivity index (χ1v) is 29.0. The van der Waals surface area contributed by atoms with Crippen LogP contribution in [0.25, 0.3) is 70.2 Å². The molecule has 0 aliphatic rings. The van der Waals surface area contributed by atoms with Crippen LogP contribution in [0.15, 0.2) is 322 Å². The van der Waals surface area contributed by atoms with Crippen LogP contribution >= 0.6 is 0 Å². The van der Waals surface area contributed by atoms with Gasteiger partial charge in [-0.05, 0) is 175 Å². The molecule has 0 aliphatic heterocycles. The molecule has 0 amide bonds. The summed E-state index contributed by atoms with van der Waals surface area (Å²) in [5.41, 5.74) is 19.2. The highest BCUT2D eigenvalue weighted by Gasteiger charge is 2.15. The van der Waals surface area contributed by atoms with Crippen LogP contribution < -0.4 is 14.7 Å². The average molecular weight is 1090 g/mol. The van der Waals surface area contributed by atoms with Crippen molar-refractivity contribution in [3.8, 4) is 0 Å². The highest BCUT2D eigenvalue weighted by atomic mass is 15.2. The Balaban J connectivity index is 0.689. The quantitative estimate of drug-likeness (QED) is 0.0842. The molecule has 0 fully saturated rings. The fraction of sp³-hybridized carbons (Fsp3) is 0. The van der Waals surface area contributed by atoms with Crippen molar-refractivity contribution < 1.29 is 0 Å². The molecule has 0 saturated heterocycles. The van der Waals surface area contributed by atoms with E-state index < -0.39 is 0 Å². The lowest BCUT2D eigenvalue weighted by Crippen LogP contribution is -2.09. The molecular weight excluding hydrogens is 1030 g/mol. The Morgan fingerprint density at radius 2 is 0.318 bits per heavy atom. The Kier molecular flexibility index (Phi) is 15.8. The van der Waals surface area contributed by atoms with Crippen LogP contribution in [0, 0.1) is 0 Å². The lowest BCUT2D eigenvalue weighted by molar-refractivity contribution is 1.28. The molecule has 13 aromatic rings. The molecule has 0 N–H and O–H groups in total. The predicted molar refractivity (Wildman–Crippen MR) is 367 cm³/mol. The average Bonchev–Trinajstić information content (AvgIpc) is 3.77. The van der Waals surface area contributed by atoms with E-state index in [2.05, 4.69) is 385 Å². The molecule has 0 aliphatic carbocycles. The molecule has 0 radical (unpaired) electrons. The second kappa shape index (κ2) is 25.3. The van der Waals surface area contributed by atoms with Gasteiger partial charge < -0.3 is 14.7 Å². The van der Waals surface area contributed by atoms with Gasteiger partial charge in [-0.2, -0.15) is 0 Å². The number of hydrogen-bond donors (Lipinski definition) is 0. The first-order valence-electron chi connectivity index (χ1n) is 29.0. The Labute approximate surface area is 499 Å². The predicted octanol–water partition coefficient (Wildman–Crippen LogP) is 23.1. The Hall–Kier alpha value is -11.3. The largest absolute Gasteiger partial charge is 0.311 e. The minimum Gasteiger partial charge on any atom is -0.311 e. The van der Waals surface area contributed by atoms with E-state index in [4.69, 9.17) is 0 Å². The third kappa shape index (κ3) is 12.2. The number of para-hydroxylation sites is 5. The van der Waals surface area contributed by atoms with E-state index in [1.165, 1.54) is 43.8 Å². The van der Waals surface area contributed by atoms with Gasteiger partial charge in [-0.3, -0.25) is 0 Å². The number of fused-ring (bicyclic) bond motifs is 2. The molecular formula is C82H61N3. The Morgan fingerprint density at radius 3 is 0.506 bits per heavy atom. The van der Waals surface area contributed by atoms with Gasteiger partial charge in [-0.15, -0.1) is 0 Å². The standard InChI is InChI=1S/C82H61N3/c1-6-24-70(25-7-1)83(71-26-8-2-9-27-71)75-54-42-62(43-55-75)38-50-66-20-16-36-81-68(22-18-34-79(66)81)52-40-64-46-58-77(59-47-64)85(74-32-14-5-15-33-74)78-60-48-65(49-61-78)41-53-69-23-19-35-80-67(21-17-37-82(69)80)51-39-63-44-56-76(57-45-63)84(72-28-10-3-11-29-72)73-30-12-4-13-31-73/h1-61H/b50-38+,51-39+,52-40+,53-41+. The number of hydrogen-bond acceptors (Lipinski definition) is 3. The van der Waals surface area contributed by atoms with Gasteiger partial charge in [0.25, 0.3) is 0 Å². The zero-order valence-electron chi connectivity index (χ0n) is 47.1. The molecule has 85 heavy (non-hydrogen) atoms. The Morgan fingerprint density at radius 1 is 0.141 bits per heavy atom. The molecule has 3 heteroatoms. The van der Waals surface area contributed by atoms with Crippen molar-refractivity contribution in [1.29, 1.82) is 0 Å². The summed E-state index contributed by atoms with van der Waals surface area (Å²) < 4.78 is 0. The minimum absolute atomic E-state index is 1.09. The van der Waals surface area contributed by atoms with Crippen LogP contribution in [0.2, 0.25) is 0 Å². The van der Waals surface area contributed by atoms with Crippen molar-refractivity contribution in [2.45, 2.75) is 0 Å². The van der Waals surface area contributed by atoms with Gasteiger partial charge >= 0.3 is 0 Å². The van der Waals surface area contributed by atoms with E-state index in [1.807, 2.05) is 0 Å². The van der Waals surface area contributed by atoms with Crippen LogP contribution in [0.4, 0.5) is 51.2 Å². The zero-order valence-corrected chi connectivity index (χ0v) is 47.1. The molecule has 0 aromatic heterocycles. The zero-order chi connectivity index (χ0) is 57.0. The number of rotatable bonds is 17. The van der Waals surface area contributed by atoms with Crippen LogP contribution in [0.1, 0.15) is 44.5 Å². The van der Waals surface area contributed by atoms with Crippen LogP contribution in [-0.2, 0) is 0 Å². The maximum Gasteiger partial charge on any atom is 0.0462 e. The van der Waals surface area contributed by atoms with Crippen LogP contribution in [0.3, 0.4) is 0 Å². The number of benzene rings is 13. The van der Waals surface area contributed by atoms with E-state index in [-0.39, 0.29) is 0 Å². The molecule has 0 heterocycles. The molecule has 0 unspecified atom stereocenters. The molecule has 13 rings (SSSR count). The first-order chi connectivity index (χ1) is 42.1. The lowest BCUT2D eigenvalue weighted by atomic mass is 9.98. The van der Waals surface area contributed by atoms with Crippen molar-refractivity contribution in [2.75, 3.05) is 14.7 Å².